The summed E-state index contributed by atoms with van der Waals surface area (Å²) in [7, 11) is 0. The van der Waals surface area contributed by atoms with Gasteiger partial charge in [0, 0.05) is 0 Å². The molecule has 0 fully saturated rings. The summed E-state index contributed by atoms with van der Waals surface area (Å²) in [6, 6.07) is 0. The van der Waals surface area contributed by atoms with Gasteiger partial charge in [-0.1, -0.05) is 43.3 Å². The normalized spacial score (nSPS) is 16.1. The quantitative estimate of drug-likeness (QED) is 0.542. The second-order valence-corrected chi connectivity index (χ2v) is 5.38. The molecule has 0 radical (unpaired) electrons. The van der Waals surface area contributed by atoms with Crippen molar-refractivity contribution in [2.45, 2.75) is 25.6 Å². The first-order valence-electron chi connectivity index (χ1n) is 4.13. The molecular formula is C9H15Al. The van der Waals surface area contributed by atoms with Gasteiger partial charge in [-0.2, -0.15) is 0 Å². The van der Waals surface area contributed by atoms with E-state index in [2.05, 4.69) is 32.1 Å². The predicted octanol–water partition coefficient (Wildman–Crippen LogP) is 2.34. The molecule has 0 saturated heterocycles. The molecule has 10 heavy (non-hydrogen) atoms. The lowest BCUT2D eigenvalue weighted by Gasteiger charge is -2.01. The Morgan fingerprint density at radius 1 is 1.60 bits per heavy atom. The molecule has 1 rings (SSSR count). The second kappa shape index (κ2) is 4.01. The topological polar surface area (TPSA) is 0 Å². The molecule has 0 atom stereocenters. The Bertz CT molecular complexity index is 154. The highest BCUT2D eigenvalue weighted by molar-refractivity contribution is 6.45. The van der Waals surface area contributed by atoms with Crippen molar-refractivity contribution in [2.24, 2.45) is 5.92 Å². The highest BCUT2D eigenvalue weighted by Crippen LogP contribution is 2.12. The molecule has 54 valence electrons. The fourth-order valence-electron chi connectivity index (χ4n) is 1.15. The van der Waals surface area contributed by atoms with Gasteiger partial charge < -0.3 is 0 Å². The van der Waals surface area contributed by atoms with Gasteiger partial charge in [0.1, 0.15) is 0 Å². The molecule has 1 aliphatic carbocycles. The summed E-state index contributed by atoms with van der Waals surface area (Å²) in [4.78, 5) is 0. The Balaban J connectivity index is 2.15. The minimum Gasteiger partial charge on any atom is -0.132 e. The minimum atomic E-state index is 0.139. The van der Waals surface area contributed by atoms with Crippen LogP contribution in [0.3, 0.4) is 0 Å². The maximum absolute atomic E-state index is 2.32. The van der Waals surface area contributed by atoms with Crippen molar-refractivity contribution in [1.82, 2.24) is 0 Å². The van der Waals surface area contributed by atoms with Crippen LogP contribution in [0, 0.1) is 5.92 Å². The Morgan fingerprint density at radius 2 is 2.40 bits per heavy atom. The molecule has 0 nitrogen and oxygen atoms in total. The van der Waals surface area contributed by atoms with E-state index in [4.69, 9.17) is 0 Å². The van der Waals surface area contributed by atoms with E-state index in [-0.39, 0.29) is 15.2 Å². The Hall–Kier alpha value is 0.0125. The van der Waals surface area contributed by atoms with Crippen molar-refractivity contribution in [2.75, 3.05) is 0 Å². The molecule has 0 spiro atoms. The molecule has 0 N–H and O–H groups in total. The molecular weight excluding hydrogens is 135 g/mol. The van der Waals surface area contributed by atoms with Crippen molar-refractivity contribution in [3.8, 4) is 0 Å². The predicted molar refractivity (Wildman–Crippen MR) is 48.6 cm³/mol. The van der Waals surface area contributed by atoms with E-state index in [1.165, 1.54) is 11.7 Å². The largest absolute Gasteiger partial charge is 0.276 e. The van der Waals surface area contributed by atoms with Gasteiger partial charge in [0.05, 0.1) is 0 Å². The van der Waals surface area contributed by atoms with E-state index in [1.807, 2.05) is 0 Å². The van der Waals surface area contributed by atoms with E-state index >= 15 is 0 Å². The van der Waals surface area contributed by atoms with Gasteiger partial charge in [0.2, 0.25) is 0 Å². The fourth-order valence-corrected chi connectivity index (χ4v) is 2.77. The van der Waals surface area contributed by atoms with Gasteiger partial charge in [-0.15, -0.1) is 4.44 Å². The van der Waals surface area contributed by atoms with Crippen molar-refractivity contribution in [3.63, 3.8) is 0 Å². The highest BCUT2D eigenvalue weighted by Gasteiger charge is 2.03. The van der Waals surface area contributed by atoms with Crippen LogP contribution in [0.25, 0.3) is 0 Å². The van der Waals surface area contributed by atoms with Crippen LogP contribution < -0.4 is 0 Å². The molecule has 0 aromatic heterocycles. The van der Waals surface area contributed by atoms with Crippen LogP contribution in [0.1, 0.15) is 20.3 Å². The highest BCUT2D eigenvalue weighted by atomic mass is 27.1. The van der Waals surface area contributed by atoms with Crippen LogP contribution in [0.15, 0.2) is 22.7 Å². The van der Waals surface area contributed by atoms with Gasteiger partial charge >= 0.3 is 0 Å². The maximum atomic E-state index is 2.32. The molecule has 0 saturated carbocycles. The van der Waals surface area contributed by atoms with Crippen molar-refractivity contribution >= 4 is 15.2 Å². The summed E-state index contributed by atoms with van der Waals surface area (Å²) in [5.41, 5.74) is 0. The molecule has 0 aromatic rings. The Morgan fingerprint density at radius 3 is 2.90 bits per heavy atom. The fraction of sp³-hybridized carbons (Fsp3) is 0.556. The molecule has 0 heterocycles. The van der Waals surface area contributed by atoms with Crippen LogP contribution in [0.4, 0.5) is 0 Å². The van der Waals surface area contributed by atoms with Gasteiger partial charge in [-0.3, -0.25) is 0 Å². The third kappa shape index (κ3) is 2.73. The molecule has 1 aliphatic rings. The van der Waals surface area contributed by atoms with E-state index in [0.717, 1.165) is 5.92 Å². The lowest BCUT2D eigenvalue weighted by molar-refractivity contribution is 0.731. The lowest BCUT2D eigenvalue weighted by atomic mass is 10.3. The summed E-state index contributed by atoms with van der Waals surface area (Å²) in [6.45, 7) is 4.63. The summed E-state index contributed by atoms with van der Waals surface area (Å²) in [5, 5.41) is 1.48. The molecule has 0 aromatic carbocycles. The third-order valence-electron chi connectivity index (χ3n) is 1.89. The van der Waals surface area contributed by atoms with Crippen molar-refractivity contribution in [3.05, 3.63) is 22.7 Å². The number of hydrogen-bond acceptors (Lipinski definition) is 0. The zero-order valence-electron chi connectivity index (χ0n) is 6.93. The minimum absolute atomic E-state index is 0.139. The van der Waals surface area contributed by atoms with Crippen LogP contribution in [0.2, 0.25) is 5.28 Å². The SMILES string of the molecule is CC(C)[CH2][AlH][C]1=CC=CC1. The van der Waals surface area contributed by atoms with Gasteiger partial charge in [-0.25, -0.2) is 0 Å². The average molecular weight is 150 g/mol. The molecule has 0 unspecified atom stereocenters. The number of allylic oxidation sites excluding steroid dienone is 4. The number of rotatable bonds is 3. The smallest absolute Gasteiger partial charge is 0.132 e. The van der Waals surface area contributed by atoms with Crippen molar-refractivity contribution in [1.29, 1.82) is 0 Å². The number of hydrogen-bond donors (Lipinski definition) is 0. The summed E-state index contributed by atoms with van der Waals surface area (Å²) in [5.74, 6) is 0.910. The van der Waals surface area contributed by atoms with E-state index < -0.39 is 0 Å². The van der Waals surface area contributed by atoms with E-state index in [1.54, 1.807) is 4.44 Å². The molecule has 1 heteroatoms. The first-order chi connectivity index (χ1) is 4.79. The lowest BCUT2D eigenvalue weighted by Crippen LogP contribution is -1.98. The van der Waals surface area contributed by atoms with Crippen LogP contribution in [-0.4, -0.2) is 15.2 Å². The van der Waals surface area contributed by atoms with Crippen LogP contribution >= 0.6 is 0 Å². The van der Waals surface area contributed by atoms with Gasteiger partial charge in [-0.05, 0) is 6.42 Å². The van der Waals surface area contributed by atoms with Gasteiger partial charge in [0.25, 0.3) is 15.2 Å². The standard InChI is InChI=1S/C5H5.C4H9.Al.H/c1-2-4-5-3-1;1-4(2)3;;/h1-3H,4H2;4H,1H2,2-3H3;;. The molecule has 0 amide bonds. The van der Waals surface area contributed by atoms with E-state index in [0.29, 0.717) is 0 Å². The van der Waals surface area contributed by atoms with E-state index in [9.17, 15) is 0 Å². The first kappa shape index (κ1) is 8.11. The van der Waals surface area contributed by atoms with Crippen LogP contribution in [0.5, 0.6) is 0 Å². The maximum Gasteiger partial charge on any atom is 0.276 e. The molecule has 0 bridgehead atoms. The summed E-state index contributed by atoms with van der Waals surface area (Å²) in [6.07, 6.45) is 8.04. The molecule has 0 aliphatic heterocycles. The average Bonchev–Trinajstić information content (AvgIpc) is 2.34. The third-order valence-corrected chi connectivity index (χ3v) is 4.50. The Labute approximate surface area is 69.7 Å². The van der Waals surface area contributed by atoms with Crippen molar-refractivity contribution < 1.29 is 0 Å². The summed E-state index contributed by atoms with van der Waals surface area (Å²) < 4.78 is 1.74. The summed E-state index contributed by atoms with van der Waals surface area (Å²) >= 11 is 0.139. The zero-order valence-corrected chi connectivity index (χ0v) is 8.34. The first-order valence-corrected chi connectivity index (χ1v) is 5.84. The second-order valence-electron chi connectivity index (χ2n) is 3.39. The zero-order chi connectivity index (χ0) is 7.40. The monoisotopic (exact) mass is 150 g/mol. The van der Waals surface area contributed by atoms with Crippen LogP contribution in [-0.2, 0) is 0 Å². The van der Waals surface area contributed by atoms with Gasteiger partial charge in [0.15, 0.2) is 0 Å². The Kier molecular flexibility index (Phi) is 3.25.